The van der Waals surface area contributed by atoms with Gasteiger partial charge in [0.05, 0.1) is 17.6 Å². The zero-order valence-electron chi connectivity index (χ0n) is 17.8. The Bertz CT molecular complexity index is 1300. The Kier molecular flexibility index (Phi) is 6.31. The lowest BCUT2D eigenvalue weighted by molar-refractivity contribution is -0.140. The molecule has 0 saturated carbocycles. The quantitative estimate of drug-likeness (QED) is 0.507. The molecule has 170 valence electrons. The van der Waals surface area contributed by atoms with Crippen LogP contribution in [0.2, 0.25) is 0 Å². The summed E-state index contributed by atoms with van der Waals surface area (Å²) in [5, 5.41) is 21.6. The van der Waals surface area contributed by atoms with Crippen molar-refractivity contribution in [1.82, 2.24) is 9.78 Å². The molecule has 1 aromatic heterocycles. The average Bonchev–Trinajstić information content (AvgIpc) is 3.48. The molecule has 11 nitrogen and oxygen atoms in total. The summed E-state index contributed by atoms with van der Waals surface area (Å²) in [6.45, 7) is -0.630. The number of nitrogens with two attached hydrogens (primary N) is 1. The van der Waals surface area contributed by atoms with Crippen LogP contribution >= 0.6 is 0 Å². The molecule has 2 aromatic carbocycles. The lowest BCUT2D eigenvalue weighted by Crippen LogP contribution is -2.39. The molecule has 1 aliphatic rings. The zero-order valence-corrected chi connectivity index (χ0v) is 17.8. The van der Waals surface area contributed by atoms with E-state index in [9.17, 15) is 19.6 Å². The number of para-hydroxylation sites is 2. The van der Waals surface area contributed by atoms with Gasteiger partial charge < -0.3 is 15.8 Å². The maximum atomic E-state index is 12.5. The molecule has 34 heavy (non-hydrogen) atoms. The summed E-state index contributed by atoms with van der Waals surface area (Å²) in [5.74, 6) is -2.02. The molecule has 1 aliphatic heterocycles. The van der Waals surface area contributed by atoms with Gasteiger partial charge in [-0.05, 0) is 24.3 Å². The van der Waals surface area contributed by atoms with Crippen LogP contribution in [0.15, 0.2) is 72.0 Å². The molecular formula is C23H19N7O4. The fourth-order valence-electron chi connectivity index (χ4n) is 3.37. The predicted molar refractivity (Wildman–Crippen MR) is 122 cm³/mol. The van der Waals surface area contributed by atoms with Gasteiger partial charge in [-0.15, -0.1) is 0 Å². The second-order valence-corrected chi connectivity index (χ2v) is 7.24. The number of rotatable bonds is 7. The Morgan fingerprint density at radius 2 is 1.74 bits per heavy atom. The van der Waals surface area contributed by atoms with E-state index < -0.39 is 30.4 Å². The first-order valence-corrected chi connectivity index (χ1v) is 10.2. The zero-order chi connectivity index (χ0) is 24.1. The number of carbonyl (C=O) groups is 3. The van der Waals surface area contributed by atoms with E-state index in [0.717, 1.165) is 0 Å². The molecule has 2 amide bonds. The van der Waals surface area contributed by atoms with E-state index in [1.165, 1.54) is 15.9 Å². The standard InChI is InChI=1S/C23H19N7O4/c24-12-15-13-26-30(17-9-5-2-6-10-17)22(15)27-20(31)14-34-23(33)18-11-19(21(25)32)29(28-18)16-7-3-1-4-8-16/h1-10,13,19H,11,14H2,(H2,25,32)(H,27,31). The molecule has 0 bridgehead atoms. The van der Waals surface area contributed by atoms with Crippen LogP contribution in [-0.4, -0.2) is 45.9 Å². The fraction of sp³-hybridized carbons (Fsp3) is 0.130. The van der Waals surface area contributed by atoms with Crippen molar-refractivity contribution in [2.45, 2.75) is 12.5 Å². The number of carbonyl (C=O) groups excluding carboxylic acids is 3. The molecule has 3 aromatic rings. The minimum Gasteiger partial charge on any atom is -0.451 e. The third kappa shape index (κ3) is 4.61. The van der Waals surface area contributed by atoms with Crippen molar-refractivity contribution < 1.29 is 19.1 Å². The number of hydrazone groups is 1. The highest BCUT2D eigenvalue weighted by Crippen LogP contribution is 2.25. The Balaban J connectivity index is 1.43. The second kappa shape index (κ2) is 9.66. The van der Waals surface area contributed by atoms with Crippen LogP contribution in [0.5, 0.6) is 0 Å². The third-order valence-corrected chi connectivity index (χ3v) is 4.98. The summed E-state index contributed by atoms with van der Waals surface area (Å²) in [5.41, 5.74) is 6.80. The summed E-state index contributed by atoms with van der Waals surface area (Å²) in [4.78, 5) is 36.9. The van der Waals surface area contributed by atoms with Gasteiger partial charge in [0.1, 0.15) is 23.4 Å². The van der Waals surface area contributed by atoms with Gasteiger partial charge in [-0.25, -0.2) is 9.48 Å². The molecule has 2 heterocycles. The van der Waals surface area contributed by atoms with E-state index in [-0.39, 0.29) is 23.5 Å². The van der Waals surface area contributed by atoms with Crippen LogP contribution < -0.4 is 16.1 Å². The number of nitrogens with one attached hydrogen (secondary N) is 1. The molecule has 0 saturated heterocycles. The molecule has 11 heteroatoms. The largest absolute Gasteiger partial charge is 0.451 e. The predicted octanol–water partition coefficient (Wildman–Crippen LogP) is 1.35. The van der Waals surface area contributed by atoms with Crippen molar-refractivity contribution in [3.63, 3.8) is 0 Å². The van der Waals surface area contributed by atoms with Gasteiger partial charge in [0, 0.05) is 6.42 Å². The molecule has 1 unspecified atom stereocenters. The first-order valence-electron chi connectivity index (χ1n) is 10.2. The number of nitrogens with zero attached hydrogens (tertiary/aromatic N) is 5. The Labute approximate surface area is 194 Å². The van der Waals surface area contributed by atoms with E-state index in [1.807, 2.05) is 12.1 Å². The molecule has 0 radical (unpaired) electrons. The number of nitriles is 1. The van der Waals surface area contributed by atoms with Gasteiger partial charge in [0.15, 0.2) is 12.4 Å². The van der Waals surface area contributed by atoms with Crippen molar-refractivity contribution in [3.05, 3.63) is 72.4 Å². The van der Waals surface area contributed by atoms with E-state index in [0.29, 0.717) is 11.4 Å². The number of hydrogen-bond acceptors (Lipinski definition) is 8. The first kappa shape index (κ1) is 22.2. The van der Waals surface area contributed by atoms with Crippen molar-refractivity contribution in [1.29, 1.82) is 5.26 Å². The number of primary amides is 1. The normalized spacial score (nSPS) is 14.7. The minimum atomic E-state index is -0.850. The van der Waals surface area contributed by atoms with Crippen LogP contribution in [0, 0.1) is 11.3 Å². The van der Waals surface area contributed by atoms with E-state index in [4.69, 9.17) is 10.5 Å². The van der Waals surface area contributed by atoms with Crippen LogP contribution in [0.25, 0.3) is 5.69 Å². The van der Waals surface area contributed by atoms with Gasteiger partial charge >= 0.3 is 5.97 Å². The number of benzene rings is 2. The SMILES string of the molecule is N#Cc1cnn(-c2ccccc2)c1NC(=O)COC(=O)C1=NN(c2ccccc2)C(C(N)=O)C1. The maximum absolute atomic E-state index is 12.5. The van der Waals surface area contributed by atoms with Crippen molar-refractivity contribution in [2.75, 3.05) is 16.9 Å². The molecule has 0 fully saturated rings. The van der Waals surface area contributed by atoms with Gasteiger partial charge in [-0.2, -0.15) is 15.5 Å². The van der Waals surface area contributed by atoms with E-state index >= 15 is 0 Å². The summed E-state index contributed by atoms with van der Waals surface area (Å²) in [6.07, 6.45) is 1.27. The van der Waals surface area contributed by atoms with E-state index in [1.54, 1.807) is 54.6 Å². The Morgan fingerprint density at radius 1 is 1.09 bits per heavy atom. The second-order valence-electron chi connectivity index (χ2n) is 7.24. The van der Waals surface area contributed by atoms with Crippen molar-refractivity contribution in [2.24, 2.45) is 10.8 Å². The lowest BCUT2D eigenvalue weighted by atomic mass is 10.1. The summed E-state index contributed by atoms with van der Waals surface area (Å²) >= 11 is 0. The summed E-state index contributed by atoms with van der Waals surface area (Å²) in [6, 6.07) is 18.8. The van der Waals surface area contributed by atoms with Gasteiger partial charge in [-0.1, -0.05) is 36.4 Å². The third-order valence-electron chi connectivity index (χ3n) is 4.98. The van der Waals surface area contributed by atoms with Crippen molar-refractivity contribution in [3.8, 4) is 11.8 Å². The van der Waals surface area contributed by atoms with Gasteiger partial charge in [-0.3, -0.25) is 14.6 Å². The first-order chi connectivity index (χ1) is 16.5. The average molecular weight is 457 g/mol. The number of esters is 1. The van der Waals surface area contributed by atoms with Gasteiger partial charge in [0.2, 0.25) is 5.91 Å². The fourth-order valence-corrected chi connectivity index (χ4v) is 3.37. The summed E-state index contributed by atoms with van der Waals surface area (Å²) < 4.78 is 6.49. The molecule has 4 rings (SSSR count). The van der Waals surface area contributed by atoms with E-state index in [2.05, 4.69) is 15.5 Å². The molecule has 1 atom stereocenters. The number of anilines is 2. The van der Waals surface area contributed by atoms with Crippen LogP contribution in [0.1, 0.15) is 12.0 Å². The molecule has 3 N–H and O–H groups in total. The van der Waals surface area contributed by atoms with Gasteiger partial charge in [0.25, 0.3) is 5.91 Å². The van der Waals surface area contributed by atoms with Crippen LogP contribution in [-0.2, 0) is 19.1 Å². The minimum absolute atomic E-state index is 0.0347. The topological polar surface area (TPSA) is 156 Å². The number of hydrogen-bond donors (Lipinski definition) is 2. The smallest absolute Gasteiger partial charge is 0.355 e. The Morgan fingerprint density at radius 3 is 2.35 bits per heavy atom. The number of amides is 2. The molecular weight excluding hydrogens is 438 g/mol. The monoisotopic (exact) mass is 457 g/mol. The number of aromatic nitrogens is 2. The highest BCUT2D eigenvalue weighted by molar-refractivity contribution is 6.38. The van der Waals surface area contributed by atoms with Crippen LogP contribution in [0.3, 0.4) is 0 Å². The highest BCUT2D eigenvalue weighted by atomic mass is 16.5. The van der Waals surface area contributed by atoms with Crippen molar-refractivity contribution >= 4 is 35.0 Å². The molecule has 0 aliphatic carbocycles. The van der Waals surface area contributed by atoms with Crippen LogP contribution in [0.4, 0.5) is 11.5 Å². The lowest BCUT2D eigenvalue weighted by Gasteiger charge is -2.20. The summed E-state index contributed by atoms with van der Waals surface area (Å²) in [7, 11) is 0. The molecule has 0 spiro atoms. The highest BCUT2D eigenvalue weighted by Gasteiger charge is 2.35. The number of ether oxygens (including phenoxy) is 1. The Hall–Kier alpha value is -4.98. The maximum Gasteiger partial charge on any atom is 0.355 e.